The predicted octanol–water partition coefficient (Wildman–Crippen LogP) is 2.75. The number of thiophene rings is 1. The molecule has 1 fully saturated rings. The molecule has 0 radical (unpaired) electrons. The van der Waals surface area contributed by atoms with Crippen LogP contribution in [0.1, 0.15) is 29.5 Å². The van der Waals surface area contributed by atoms with Crippen LogP contribution in [0, 0.1) is 6.92 Å². The van der Waals surface area contributed by atoms with Gasteiger partial charge in [-0.25, -0.2) is 4.79 Å². The van der Waals surface area contributed by atoms with Gasteiger partial charge >= 0.3 is 6.03 Å². The van der Waals surface area contributed by atoms with Gasteiger partial charge in [0.15, 0.2) is 0 Å². The number of hydrogen-bond acceptors (Lipinski definition) is 4. The van der Waals surface area contributed by atoms with Crippen molar-refractivity contribution in [2.24, 2.45) is 7.05 Å². The standard InChI is InChI=1S/C16H23N5OS/c1-12-10-15(20(2)19-12)18-16(22)17-11-13(14-6-5-9-23-14)21-7-3-4-8-21/h5-6,9-10,13H,3-4,7-8,11H2,1-2H3,(H2,17,18,22). The quantitative estimate of drug-likeness (QED) is 0.884. The summed E-state index contributed by atoms with van der Waals surface area (Å²) in [6.45, 7) is 4.73. The molecule has 7 heteroatoms. The number of anilines is 1. The van der Waals surface area contributed by atoms with Crippen molar-refractivity contribution in [2.75, 3.05) is 25.0 Å². The molecule has 23 heavy (non-hydrogen) atoms. The van der Waals surface area contributed by atoms with Gasteiger partial charge in [0, 0.05) is 24.5 Å². The van der Waals surface area contributed by atoms with E-state index in [4.69, 9.17) is 0 Å². The first-order valence-corrected chi connectivity index (χ1v) is 8.84. The Bertz CT molecular complexity index is 645. The van der Waals surface area contributed by atoms with Gasteiger partial charge in [0.05, 0.1) is 11.7 Å². The van der Waals surface area contributed by atoms with E-state index >= 15 is 0 Å². The van der Waals surface area contributed by atoms with Crippen LogP contribution in [0.2, 0.25) is 0 Å². The molecule has 1 saturated heterocycles. The average molecular weight is 333 g/mol. The Morgan fingerprint density at radius 1 is 1.43 bits per heavy atom. The zero-order valence-corrected chi connectivity index (χ0v) is 14.4. The number of amides is 2. The van der Waals surface area contributed by atoms with Gasteiger partial charge in [-0.2, -0.15) is 5.10 Å². The van der Waals surface area contributed by atoms with Crippen LogP contribution in [0.4, 0.5) is 10.6 Å². The third-order valence-corrected chi connectivity index (χ3v) is 5.13. The molecule has 2 aromatic rings. The molecule has 2 N–H and O–H groups in total. The van der Waals surface area contributed by atoms with Crippen molar-refractivity contribution in [1.82, 2.24) is 20.0 Å². The van der Waals surface area contributed by atoms with E-state index in [2.05, 4.69) is 38.1 Å². The summed E-state index contributed by atoms with van der Waals surface area (Å²) in [7, 11) is 1.82. The van der Waals surface area contributed by atoms with Crippen molar-refractivity contribution < 1.29 is 4.79 Å². The first-order valence-electron chi connectivity index (χ1n) is 7.96. The number of carbonyl (C=O) groups is 1. The molecule has 0 aromatic carbocycles. The van der Waals surface area contributed by atoms with Crippen LogP contribution in [0.25, 0.3) is 0 Å². The number of hydrogen-bond donors (Lipinski definition) is 2. The molecule has 1 unspecified atom stereocenters. The van der Waals surface area contributed by atoms with Gasteiger partial charge in [0.25, 0.3) is 0 Å². The molecule has 3 heterocycles. The minimum atomic E-state index is -0.186. The fourth-order valence-electron chi connectivity index (χ4n) is 3.02. The van der Waals surface area contributed by atoms with E-state index in [0.29, 0.717) is 12.4 Å². The van der Waals surface area contributed by atoms with Crippen molar-refractivity contribution in [3.05, 3.63) is 34.2 Å². The minimum absolute atomic E-state index is 0.186. The number of rotatable bonds is 5. The van der Waals surface area contributed by atoms with Crippen LogP contribution in [-0.4, -0.2) is 40.3 Å². The van der Waals surface area contributed by atoms with Crippen molar-refractivity contribution in [3.63, 3.8) is 0 Å². The first-order chi connectivity index (χ1) is 11.1. The number of nitrogens with zero attached hydrogens (tertiary/aromatic N) is 3. The molecule has 6 nitrogen and oxygen atoms in total. The SMILES string of the molecule is Cc1cc(NC(=O)NCC(c2cccs2)N2CCCC2)n(C)n1. The Hall–Kier alpha value is -1.86. The molecule has 0 saturated carbocycles. The van der Waals surface area contributed by atoms with E-state index in [1.165, 1.54) is 17.7 Å². The predicted molar refractivity (Wildman–Crippen MR) is 92.8 cm³/mol. The van der Waals surface area contributed by atoms with E-state index in [0.717, 1.165) is 18.8 Å². The molecule has 1 aliphatic rings. The fraction of sp³-hybridized carbons (Fsp3) is 0.500. The van der Waals surface area contributed by atoms with Gasteiger partial charge in [0.1, 0.15) is 5.82 Å². The smallest absolute Gasteiger partial charge is 0.320 e. The number of likely N-dealkylation sites (tertiary alicyclic amines) is 1. The highest BCUT2D eigenvalue weighted by Gasteiger charge is 2.24. The lowest BCUT2D eigenvalue weighted by molar-refractivity contribution is 0.229. The highest BCUT2D eigenvalue weighted by molar-refractivity contribution is 7.10. The maximum absolute atomic E-state index is 12.2. The molecule has 3 rings (SSSR count). The van der Waals surface area contributed by atoms with E-state index in [9.17, 15) is 4.79 Å². The summed E-state index contributed by atoms with van der Waals surface area (Å²) in [5.41, 5.74) is 0.885. The van der Waals surface area contributed by atoms with Gasteiger partial charge in [-0.1, -0.05) is 6.07 Å². The lowest BCUT2D eigenvalue weighted by atomic mass is 10.2. The third kappa shape index (κ3) is 3.92. The second-order valence-corrected chi connectivity index (χ2v) is 6.88. The fourth-order valence-corrected chi connectivity index (χ4v) is 3.88. The summed E-state index contributed by atoms with van der Waals surface area (Å²) in [6, 6.07) is 6.15. The number of nitrogens with one attached hydrogen (secondary N) is 2. The van der Waals surface area contributed by atoms with Crippen molar-refractivity contribution in [2.45, 2.75) is 25.8 Å². The normalized spacial score (nSPS) is 16.4. The first kappa shape index (κ1) is 16.0. The maximum Gasteiger partial charge on any atom is 0.320 e. The number of aryl methyl sites for hydroxylation is 2. The second kappa shape index (κ2) is 7.14. The highest BCUT2D eigenvalue weighted by Crippen LogP contribution is 2.27. The monoisotopic (exact) mass is 333 g/mol. The van der Waals surface area contributed by atoms with Gasteiger partial charge in [0.2, 0.25) is 0 Å². The van der Waals surface area contributed by atoms with Crippen LogP contribution < -0.4 is 10.6 Å². The molecule has 0 aliphatic carbocycles. The Morgan fingerprint density at radius 3 is 2.83 bits per heavy atom. The lowest BCUT2D eigenvalue weighted by Gasteiger charge is -2.26. The molecule has 2 aromatic heterocycles. The molecule has 124 valence electrons. The molecular weight excluding hydrogens is 310 g/mol. The second-order valence-electron chi connectivity index (χ2n) is 5.90. The molecule has 1 atom stereocenters. The summed E-state index contributed by atoms with van der Waals surface area (Å²) in [6.07, 6.45) is 2.48. The van der Waals surface area contributed by atoms with Gasteiger partial charge in [-0.15, -0.1) is 11.3 Å². The Morgan fingerprint density at radius 2 is 2.22 bits per heavy atom. The van der Waals surface area contributed by atoms with Crippen LogP contribution in [0.5, 0.6) is 0 Å². The summed E-state index contributed by atoms with van der Waals surface area (Å²) in [5, 5.41) is 12.2. The Kier molecular flexibility index (Phi) is 4.97. The largest absolute Gasteiger partial charge is 0.336 e. The molecule has 0 spiro atoms. The molecule has 2 amide bonds. The summed E-state index contributed by atoms with van der Waals surface area (Å²) < 4.78 is 1.67. The van der Waals surface area contributed by atoms with E-state index < -0.39 is 0 Å². The van der Waals surface area contributed by atoms with Crippen LogP contribution >= 0.6 is 11.3 Å². The highest BCUT2D eigenvalue weighted by atomic mass is 32.1. The van der Waals surface area contributed by atoms with Crippen molar-refractivity contribution in [3.8, 4) is 0 Å². The van der Waals surface area contributed by atoms with Gasteiger partial charge in [-0.05, 0) is 44.3 Å². The van der Waals surface area contributed by atoms with Gasteiger partial charge in [-0.3, -0.25) is 14.9 Å². The summed E-state index contributed by atoms with van der Waals surface area (Å²) in [4.78, 5) is 16.0. The molecule has 1 aliphatic heterocycles. The maximum atomic E-state index is 12.2. The van der Waals surface area contributed by atoms with Crippen LogP contribution in [-0.2, 0) is 7.05 Å². The van der Waals surface area contributed by atoms with Crippen LogP contribution in [0.15, 0.2) is 23.6 Å². The van der Waals surface area contributed by atoms with E-state index in [1.54, 1.807) is 16.0 Å². The number of aromatic nitrogens is 2. The topological polar surface area (TPSA) is 62.2 Å². The zero-order valence-electron chi connectivity index (χ0n) is 13.6. The Labute approximate surface area is 140 Å². The zero-order chi connectivity index (χ0) is 16.2. The van der Waals surface area contributed by atoms with E-state index in [-0.39, 0.29) is 12.1 Å². The van der Waals surface area contributed by atoms with Gasteiger partial charge < -0.3 is 5.32 Å². The number of carbonyl (C=O) groups excluding carboxylic acids is 1. The van der Waals surface area contributed by atoms with Crippen LogP contribution in [0.3, 0.4) is 0 Å². The molecule has 0 bridgehead atoms. The van der Waals surface area contributed by atoms with Crippen molar-refractivity contribution >= 4 is 23.2 Å². The summed E-state index contributed by atoms with van der Waals surface area (Å²) >= 11 is 1.75. The molecular formula is C16H23N5OS. The Balaban J connectivity index is 1.60. The van der Waals surface area contributed by atoms with Crippen molar-refractivity contribution in [1.29, 1.82) is 0 Å². The average Bonchev–Trinajstić information content (AvgIpc) is 3.24. The van der Waals surface area contributed by atoms with E-state index in [1.807, 2.05) is 20.0 Å². The summed E-state index contributed by atoms with van der Waals surface area (Å²) in [5.74, 6) is 0.703. The minimum Gasteiger partial charge on any atom is -0.336 e. The third-order valence-electron chi connectivity index (χ3n) is 4.15. The lowest BCUT2D eigenvalue weighted by Crippen LogP contribution is -2.38. The number of urea groups is 1.